The molecule has 3 aromatic carbocycles. The van der Waals surface area contributed by atoms with Crippen molar-refractivity contribution in [2.45, 2.75) is 98.6 Å². The first-order valence-corrected chi connectivity index (χ1v) is 20.6. The first-order valence-electron chi connectivity index (χ1n) is 12.7. The maximum Gasteiger partial charge on any atom is -1.00 e. The molecule has 0 saturated carbocycles. The SMILES string of the molecule is CC(C)(C)c1[c-]c2c(cc1)-c1ccc(C(C)(C)C)cc1C2.CCc1ccc[c-]1CC.C[Si](C)=[Hf+2].[Cl-].[Cl-]. The summed E-state index contributed by atoms with van der Waals surface area (Å²) >= 11 is 1.45. The van der Waals surface area contributed by atoms with Gasteiger partial charge >= 0.3 is 41.6 Å². The number of aryl methyl sites for hydroxylation is 2. The van der Waals surface area contributed by atoms with Crippen LogP contribution in [0.3, 0.4) is 0 Å². The van der Waals surface area contributed by atoms with Crippen LogP contribution in [0.5, 0.6) is 0 Å². The number of hydrogen-bond acceptors (Lipinski definition) is 0. The van der Waals surface area contributed by atoms with Crippen LogP contribution in [0.2, 0.25) is 13.1 Å². The standard InChI is InChI=1S/C21H25.C9H13.C2H6Si.2ClH.Hf/c1-20(2,3)16-7-9-18-14(12-16)11-15-13-17(21(4,5)6)8-10-19(15)18;1-3-8-6-5-7-9(8)4-2;1-3-2;;;/h7-10,12H,11H2,1-6H3;5-7H,3-4H2,1-2H3;1-2H3;2*1H;/q2*-1;;;;+2/p-2. The summed E-state index contributed by atoms with van der Waals surface area (Å²) in [7, 11) is 0. The van der Waals surface area contributed by atoms with E-state index < -0.39 is 0 Å². The monoisotopic (exact) mass is 706 g/mol. The molecular formula is C32H44Cl2HfSi-2. The zero-order valence-electron chi connectivity index (χ0n) is 24.0. The van der Waals surface area contributed by atoms with Crippen LogP contribution in [-0.4, -0.2) is 5.49 Å². The average Bonchev–Trinajstić information content (AvgIpc) is 3.35. The third kappa shape index (κ3) is 9.97. The van der Waals surface area contributed by atoms with E-state index in [9.17, 15) is 0 Å². The molecule has 0 aromatic heterocycles. The summed E-state index contributed by atoms with van der Waals surface area (Å²) in [4.78, 5) is 0. The molecule has 36 heavy (non-hydrogen) atoms. The fourth-order valence-electron chi connectivity index (χ4n) is 4.21. The summed E-state index contributed by atoms with van der Waals surface area (Å²) in [6.45, 7) is 22.7. The van der Waals surface area contributed by atoms with Crippen LogP contribution in [0.25, 0.3) is 11.1 Å². The third-order valence-electron chi connectivity index (χ3n) is 6.23. The Bertz CT molecular complexity index is 1030. The predicted molar refractivity (Wildman–Crippen MR) is 149 cm³/mol. The van der Waals surface area contributed by atoms with Gasteiger partial charge in [0.1, 0.15) is 0 Å². The number of rotatable bonds is 2. The van der Waals surface area contributed by atoms with Crippen LogP contribution in [0.1, 0.15) is 88.8 Å². The zero-order chi connectivity index (χ0) is 25.7. The largest absolute Gasteiger partial charge is 1.00 e. The van der Waals surface area contributed by atoms with Gasteiger partial charge < -0.3 is 24.8 Å². The smallest absolute Gasteiger partial charge is 1.00 e. The van der Waals surface area contributed by atoms with Gasteiger partial charge in [-0.15, -0.1) is 11.1 Å². The van der Waals surface area contributed by atoms with Gasteiger partial charge in [0, 0.05) is 0 Å². The summed E-state index contributed by atoms with van der Waals surface area (Å²) < 4.78 is 0. The van der Waals surface area contributed by atoms with Crippen molar-refractivity contribution in [3.05, 3.63) is 88.0 Å². The van der Waals surface area contributed by atoms with E-state index in [0.29, 0.717) is 0 Å². The first-order chi connectivity index (χ1) is 15.8. The molecule has 0 radical (unpaired) electrons. The molecule has 0 aliphatic heterocycles. The molecule has 4 heteroatoms. The fourth-order valence-corrected chi connectivity index (χ4v) is 4.21. The molecule has 0 N–H and O–H groups in total. The number of benzene rings is 2. The molecule has 1 aliphatic rings. The first kappa shape index (κ1) is 35.5. The van der Waals surface area contributed by atoms with Gasteiger partial charge in [-0.2, -0.15) is 41.0 Å². The van der Waals surface area contributed by atoms with E-state index in [1.807, 2.05) is 0 Å². The fraction of sp³-hybridized carbons (Fsp3) is 0.469. The van der Waals surface area contributed by atoms with Gasteiger partial charge in [-0.05, 0) is 28.4 Å². The molecule has 196 valence electrons. The Morgan fingerprint density at radius 1 is 0.889 bits per heavy atom. The molecule has 1 aliphatic carbocycles. The predicted octanol–water partition coefficient (Wildman–Crippen LogP) is 2.98. The Labute approximate surface area is 249 Å². The Morgan fingerprint density at radius 2 is 1.47 bits per heavy atom. The average molecular weight is 706 g/mol. The minimum atomic E-state index is 0. The van der Waals surface area contributed by atoms with E-state index in [4.69, 9.17) is 0 Å². The number of fused-ring (bicyclic) bond motifs is 3. The topological polar surface area (TPSA) is 0 Å². The zero-order valence-corrected chi connectivity index (χ0v) is 30.1. The van der Waals surface area contributed by atoms with E-state index in [2.05, 4.69) is 123 Å². The van der Waals surface area contributed by atoms with Crippen LogP contribution in [0.15, 0.2) is 48.5 Å². The Morgan fingerprint density at radius 3 is 1.94 bits per heavy atom. The van der Waals surface area contributed by atoms with Crippen LogP contribution in [0.4, 0.5) is 0 Å². The van der Waals surface area contributed by atoms with Crippen molar-refractivity contribution < 1.29 is 47.8 Å². The molecule has 0 fully saturated rings. The normalized spacial score (nSPS) is 11.4. The van der Waals surface area contributed by atoms with Crippen LogP contribution in [0, 0.1) is 6.07 Å². The van der Waals surface area contributed by atoms with Crippen molar-refractivity contribution in [1.82, 2.24) is 0 Å². The quantitative estimate of drug-likeness (QED) is 0.223. The van der Waals surface area contributed by atoms with E-state index in [0.717, 1.165) is 6.42 Å². The Balaban J connectivity index is 0.000000686. The molecule has 0 atom stereocenters. The second kappa shape index (κ2) is 15.1. The van der Waals surface area contributed by atoms with E-state index >= 15 is 0 Å². The van der Waals surface area contributed by atoms with Gasteiger partial charge in [0.2, 0.25) is 0 Å². The van der Waals surface area contributed by atoms with Crippen LogP contribution >= 0.6 is 0 Å². The molecule has 0 amide bonds. The van der Waals surface area contributed by atoms with Crippen LogP contribution in [-0.2, 0) is 53.1 Å². The maximum absolute atomic E-state index is 3.67. The van der Waals surface area contributed by atoms with Crippen molar-refractivity contribution in [2.24, 2.45) is 0 Å². The van der Waals surface area contributed by atoms with Gasteiger partial charge in [0.05, 0.1) is 0 Å². The van der Waals surface area contributed by atoms with Crippen molar-refractivity contribution in [2.75, 3.05) is 0 Å². The van der Waals surface area contributed by atoms with Crippen molar-refractivity contribution >= 4 is 5.49 Å². The van der Waals surface area contributed by atoms with E-state index in [1.165, 1.54) is 80.3 Å². The molecule has 3 aromatic rings. The van der Waals surface area contributed by atoms with Gasteiger partial charge in [-0.25, -0.2) is 12.1 Å². The summed E-state index contributed by atoms with van der Waals surface area (Å²) in [6, 6.07) is 21.7. The Hall–Kier alpha value is -0.543. The van der Waals surface area contributed by atoms with E-state index in [1.54, 1.807) is 0 Å². The molecule has 0 spiro atoms. The molecular weight excluding hydrogens is 662 g/mol. The van der Waals surface area contributed by atoms with Gasteiger partial charge in [0.15, 0.2) is 0 Å². The molecule has 0 heterocycles. The number of hydrogen-bond donors (Lipinski definition) is 0. The van der Waals surface area contributed by atoms with Gasteiger partial charge in [-0.1, -0.05) is 92.0 Å². The van der Waals surface area contributed by atoms with Crippen molar-refractivity contribution in [1.29, 1.82) is 0 Å². The second-order valence-electron chi connectivity index (χ2n) is 11.6. The maximum atomic E-state index is 3.67. The van der Waals surface area contributed by atoms with Crippen molar-refractivity contribution in [3.8, 4) is 11.1 Å². The van der Waals surface area contributed by atoms with Crippen molar-refractivity contribution in [3.63, 3.8) is 0 Å². The molecule has 0 unspecified atom stereocenters. The van der Waals surface area contributed by atoms with Gasteiger partial charge in [0.25, 0.3) is 0 Å². The van der Waals surface area contributed by atoms with Gasteiger partial charge in [-0.3, -0.25) is 0 Å². The molecule has 0 saturated heterocycles. The van der Waals surface area contributed by atoms with E-state index in [-0.39, 0.29) is 41.1 Å². The Kier molecular flexibility index (Phi) is 14.9. The summed E-state index contributed by atoms with van der Waals surface area (Å²) in [5, 5.41) is 0. The third-order valence-corrected chi connectivity index (χ3v) is 6.23. The second-order valence-corrected chi connectivity index (χ2v) is 24.4. The minimum Gasteiger partial charge on any atom is -1.00 e. The molecule has 4 rings (SSSR count). The molecule has 0 nitrogen and oxygen atoms in total. The summed E-state index contributed by atoms with van der Waals surface area (Å²) in [6.07, 6.45) is 3.38. The minimum absolute atomic E-state index is 0. The van der Waals surface area contributed by atoms with Crippen LogP contribution < -0.4 is 24.8 Å². The number of halogens is 2. The molecule has 0 bridgehead atoms. The summed E-state index contributed by atoms with van der Waals surface area (Å²) in [5.74, 6) is 0. The summed E-state index contributed by atoms with van der Waals surface area (Å²) in [5.41, 5.74) is 12.0.